The molecule has 0 aliphatic carbocycles. The molecule has 0 spiro atoms. The van der Waals surface area contributed by atoms with Gasteiger partial charge >= 0.3 is 0 Å². The fourth-order valence-electron chi connectivity index (χ4n) is 3.77. The summed E-state index contributed by atoms with van der Waals surface area (Å²) in [6.45, 7) is 3.07. The van der Waals surface area contributed by atoms with Gasteiger partial charge in [-0.05, 0) is 31.2 Å². The second-order valence-electron chi connectivity index (χ2n) is 7.01. The average Bonchev–Trinajstić information content (AvgIpc) is 3.37. The van der Waals surface area contributed by atoms with E-state index in [0.29, 0.717) is 25.4 Å². The molecule has 1 aromatic carbocycles. The van der Waals surface area contributed by atoms with Gasteiger partial charge in [-0.25, -0.2) is 9.67 Å². The van der Waals surface area contributed by atoms with Crippen LogP contribution in [-0.2, 0) is 17.8 Å². The smallest absolute Gasteiger partial charge is 0.224 e. The molecule has 7 nitrogen and oxygen atoms in total. The first kappa shape index (κ1) is 18.4. The minimum atomic E-state index is -0.0332. The molecule has 1 fully saturated rings. The normalized spacial score (nSPS) is 16.4. The van der Waals surface area contributed by atoms with Crippen molar-refractivity contribution in [2.24, 2.45) is 0 Å². The molecule has 0 radical (unpaired) electrons. The molecule has 1 aliphatic heterocycles. The molecule has 1 aliphatic rings. The Kier molecular flexibility index (Phi) is 5.53. The molecule has 4 rings (SSSR count). The number of methoxy groups -OCH3 is 1. The number of benzene rings is 1. The Labute approximate surface area is 164 Å². The highest BCUT2D eigenvalue weighted by Gasteiger charge is 2.23. The molecular formula is C21H25N5O2. The fraction of sp³-hybridized carbons (Fsp3) is 0.381. The van der Waals surface area contributed by atoms with Gasteiger partial charge in [0.25, 0.3) is 0 Å². The molecule has 0 bridgehead atoms. The Morgan fingerprint density at radius 1 is 1.32 bits per heavy atom. The summed E-state index contributed by atoms with van der Waals surface area (Å²) in [5.41, 5.74) is 2.86. The Balaban J connectivity index is 1.41. The van der Waals surface area contributed by atoms with Gasteiger partial charge in [-0.2, -0.15) is 5.10 Å². The molecule has 0 unspecified atom stereocenters. The molecular weight excluding hydrogens is 354 g/mol. The minimum Gasteiger partial charge on any atom is -0.496 e. The molecule has 3 aromatic rings. The first-order valence-corrected chi connectivity index (χ1v) is 9.67. The summed E-state index contributed by atoms with van der Waals surface area (Å²) in [5, 5.41) is 12.3. The molecule has 2 aromatic heterocycles. The third kappa shape index (κ3) is 3.84. The predicted molar refractivity (Wildman–Crippen MR) is 107 cm³/mol. The number of amides is 1. The zero-order chi connectivity index (χ0) is 19.3. The van der Waals surface area contributed by atoms with Crippen LogP contribution < -0.4 is 15.4 Å². The summed E-state index contributed by atoms with van der Waals surface area (Å²) >= 11 is 0. The number of carbonyl (C=O) groups excluding carboxylic acids is 1. The molecule has 1 atom stereocenters. The van der Waals surface area contributed by atoms with Crippen LogP contribution in [0.1, 0.15) is 23.6 Å². The molecule has 146 valence electrons. The van der Waals surface area contributed by atoms with Gasteiger partial charge in [-0.1, -0.05) is 18.2 Å². The molecule has 1 amide bonds. The van der Waals surface area contributed by atoms with E-state index in [1.165, 1.54) is 0 Å². The molecule has 2 N–H and O–H groups in total. The van der Waals surface area contributed by atoms with Crippen molar-refractivity contribution in [2.75, 3.05) is 26.7 Å². The van der Waals surface area contributed by atoms with Gasteiger partial charge < -0.3 is 15.4 Å². The Bertz CT molecular complexity index is 962. The number of carbonyl (C=O) groups is 1. The maximum atomic E-state index is 12.3. The molecule has 7 heteroatoms. The van der Waals surface area contributed by atoms with Gasteiger partial charge in [-0.15, -0.1) is 0 Å². The fourth-order valence-corrected chi connectivity index (χ4v) is 3.77. The Morgan fingerprint density at radius 3 is 3.04 bits per heavy atom. The summed E-state index contributed by atoms with van der Waals surface area (Å²) in [6.07, 6.45) is 3.18. The lowest BCUT2D eigenvalue weighted by molar-refractivity contribution is -0.120. The van der Waals surface area contributed by atoms with Crippen LogP contribution >= 0.6 is 0 Å². The van der Waals surface area contributed by atoms with Gasteiger partial charge in [0.05, 0.1) is 25.8 Å². The number of nitrogens with one attached hydrogen (secondary N) is 2. The zero-order valence-corrected chi connectivity index (χ0v) is 16.0. The standard InChI is InChI=1S/C21H25N5O2/c1-28-18-7-3-2-5-15(18)13-19(27)23-11-12-26-21-17(6-4-9-24-21)20(25-26)16-8-10-22-14-16/h2-7,9,16,22H,8,10-14H2,1H3,(H,23,27)/t16-/m0/s1. The SMILES string of the molecule is COc1ccccc1CC(=O)NCCn1nc([C@H]2CCNC2)c2cccnc21. The third-order valence-corrected chi connectivity index (χ3v) is 5.17. The number of hydrogen-bond acceptors (Lipinski definition) is 5. The van der Waals surface area contributed by atoms with Crippen molar-refractivity contribution in [1.29, 1.82) is 0 Å². The summed E-state index contributed by atoms with van der Waals surface area (Å²) in [4.78, 5) is 16.8. The maximum Gasteiger partial charge on any atom is 0.224 e. The highest BCUT2D eigenvalue weighted by Crippen LogP contribution is 2.27. The predicted octanol–water partition coefficient (Wildman–Crippen LogP) is 1.88. The molecule has 1 saturated heterocycles. The zero-order valence-electron chi connectivity index (χ0n) is 16.0. The number of aromatic nitrogens is 3. The van der Waals surface area contributed by atoms with Crippen LogP contribution in [0.15, 0.2) is 42.6 Å². The van der Waals surface area contributed by atoms with E-state index in [1.54, 1.807) is 13.3 Å². The lowest BCUT2D eigenvalue weighted by Crippen LogP contribution is -2.29. The molecule has 28 heavy (non-hydrogen) atoms. The van der Waals surface area contributed by atoms with Crippen molar-refractivity contribution in [2.45, 2.75) is 25.3 Å². The van der Waals surface area contributed by atoms with Crippen molar-refractivity contribution < 1.29 is 9.53 Å². The van der Waals surface area contributed by atoms with E-state index in [9.17, 15) is 4.79 Å². The topological polar surface area (TPSA) is 81.1 Å². The monoisotopic (exact) mass is 379 g/mol. The van der Waals surface area contributed by atoms with Crippen LogP contribution in [0.2, 0.25) is 0 Å². The number of ether oxygens (including phenoxy) is 1. The highest BCUT2D eigenvalue weighted by atomic mass is 16.5. The van der Waals surface area contributed by atoms with Crippen LogP contribution in [0.4, 0.5) is 0 Å². The summed E-state index contributed by atoms with van der Waals surface area (Å²) in [7, 11) is 1.62. The first-order valence-electron chi connectivity index (χ1n) is 9.67. The van der Waals surface area contributed by atoms with Crippen molar-refractivity contribution in [3.63, 3.8) is 0 Å². The lowest BCUT2D eigenvalue weighted by Gasteiger charge is -2.09. The average molecular weight is 379 g/mol. The number of hydrogen-bond donors (Lipinski definition) is 2. The second-order valence-corrected chi connectivity index (χ2v) is 7.01. The summed E-state index contributed by atoms with van der Waals surface area (Å²) in [6, 6.07) is 11.6. The quantitative estimate of drug-likeness (QED) is 0.655. The number of nitrogens with zero attached hydrogens (tertiary/aromatic N) is 3. The highest BCUT2D eigenvalue weighted by molar-refractivity contribution is 5.80. The van der Waals surface area contributed by atoms with Crippen LogP contribution in [0.25, 0.3) is 11.0 Å². The van der Waals surface area contributed by atoms with E-state index in [-0.39, 0.29) is 5.91 Å². The number of rotatable bonds is 7. The first-order chi connectivity index (χ1) is 13.8. The molecule has 3 heterocycles. The van der Waals surface area contributed by atoms with E-state index in [4.69, 9.17) is 9.84 Å². The number of para-hydroxylation sites is 1. The van der Waals surface area contributed by atoms with Gasteiger partial charge in [0.15, 0.2) is 5.65 Å². The van der Waals surface area contributed by atoms with E-state index in [1.807, 2.05) is 35.0 Å². The van der Waals surface area contributed by atoms with E-state index in [2.05, 4.69) is 21.7 Å². The van der Waals surface area contributed by atoms with Crippen molar-refractivity contribution in [1.82, 2.24) is 25.4 Å². The van der Waals surface area contributed by atoms with E-state index in [0.717, 1.165) is 47.6 Å². The van der Waals surface area contributed by atoms with Gasteiger partial charge in [0, 0.05) is 36.2 Å². The Hall–Kier alpha value is -2.93. The maximum absolute atomic E-state index is 12.3. The van der Waals surface area contributed by atoms with Crippen LogP contribution in [0.5, 0.6) is 5.75 Å². The van der Waals surface area contributed by atoms with Crippen LogP contribution in [0, 0.1) is 0 Å². The van der Waals surface area contributed by atoms with E-state index >= 15 is 0 Å². The van der Waals surface area contributed by atoms with Gasteiger partial charge in [0.1, 0.15) is 5.75 Å². The number of fused-ring (bicyclic) bond motifs is 1. The summed E-state index contributed by atoms with van der Waals surface area (Å²) in [5.74, 6) is 1.12. The molecule has 0 saturated carbocycles. The second kappa shape index (κ2) is 8.39. The van der Waals surface area contributed by atoms with Crippen molar-refractivity contribution in [3.05, 3.63) is 53.9 Å². The third-order valence-electron chi connectivity index (χ3n) is 5.17. The van der Waals surface area contributed by atoms with Gasteiger partial charge in [0.2, 0.25) is 5.91 Å². The van der Waals surface area contributed by atoms with Crippen LogP contribution in [-0.4, -0.2) is 47.4 Å². The summed E-state index contributed by atoms with van der Waals surface area (Å²) < 4.78 is 7.22. The van der Waals surface area contributed by atoms with Crippen molar-refractivity contribution in [3.8, 4) is 5.75 Å². The number of pyridine rings is 1. The van der Waals surface area contributed by atoms with Crippen LogP contribution in [0.3, 0.4) is 0 Å². The largest absolute Gasteiger partial charge is 0.496 e. The van der Waals surface area contributed by atoms with E-state index < -0.39 is 0 Å². The Morgan fingerprint density at radius 2 is 2.21 bits per heavy atom. The lowest BCUT2D eigenvalue weighted by atomic mass is 10.0. The minimum absolute atomic E-state index is 0.0332. The van der Waals surface area contributed by atoms with Crippen molar-refractivity contribution >= 4 is 16.9 Å². The van der Waals surface area contributed by atoms with Gasteiger partial charge in [-0.3, -0.25) is 4.79 Å².